The maximum Gasteiger partial charge on any atom is 0.217 e. The van der Waals surface area contributed by atoms with E-state index in [1.807, 2.05) is 0 Å². The molecule has 30 N–H and O–H groups in total. The molecule has 1 unspecified atom stereocenters. The summed E-state index contributed by atoms with van der Waals surface area (Å²) >= 11 is 0. The first-order valence-electron chi connectivity index (χ1n) is 38.4. The largest absolute Gasteiger partial charge is 0.394 e. The molecule has 10 fully saturated rings. The molecular weight excluding hydrogens is 1640 g/mol. The number of carbonyl (C=O) groups excluding carboxylic acids is 4. The first-order valence-corrected chi connectivity index (χ1v) is 38.4. The third-order valence-electron chi connectivity index (χ3n) is 22.0. The second-order valence-corrected chi connectivity index (χ2v) is 30.5. The van der Waals surface area contributed by atoms with E-state index < -0.39 is 384 Å². The molecule has 49 atom stereocenters. The van der Waals surface area contributed by atoms with Gasteiger partial charge < -0.3 is 244 Å². The lowest BCUT2D eigenvalue weighted by Crippen LogP contribution is -2.71. The van der Waals surface area contributed by atoms with Crippen molar-refractivity contribution in [3.05, 3.63) is 0 Å². The molecule has 10 heterocycles. The highest BCUT2D eigenvalue weighted by atomic mass is 16.8. The second kappa shape index (κ2) is 42.8. The summed E-state index contributed by atoms with van der Waals surface area (Å²) in [6, 6.07) is -7.37. The Hall–Kier alpha value is -3.92. The van der Waals surface area contributed by atoms with Gasteiger partial charge in [-0.15, -0.1) is 0 Å². The van der Waals surface area contributed by atoms with Crippen LogP contribution in [0.1, 0.15) is 34.6 Å². The van der Waals surface area contributed by atoms with Gasteiger partial charge in [0.15, 0.2) is 62.9 Å². The third kappa shape index (κ3) is 21.6. The van der Waals surface area contributed by atoms with Crippen LogP contribution in [0.3, 0.4) is 0 Å². The Morgan fingerprint density at radius 2 is 0.600 bits per heavy atom. The maximum absolute atomic E-state index is 13.4. The molecule has 0 bridgehead atoms. The second-order valence-electron chi connectivity index (χ2n) is 30.5. The highest BCUT2D eigenvalue weighted by molar-refractivity contribution is 5.74. The number of carbonyl (C=O) groups is 4. The molecule has 0 aliphatic carbocycles. The summed E-state index contributed by atoms with van der Waals surface area (Å²) in [4.78, 5) is 51.4. The van der Waals surface area contributed by atoms with Crippen LogP contribution in [-0.4, -0.2) is 517 Å². The van der Waals surface area contributed by atoms with E-state index in [0.29, 0.717) is 0 Å². The zero-order chi connectivity index (χ0) is 88.2. The number of amides is 4. The number of aliphatic hydroxyl groups is 26. The Labute approximate surface area is 679 Å². The molecular formula is C67H112N4O49. The summed E-state index contributed by atoms with van der Waals surface area (Å²) in [5.74, 6) is -3.61. The van der Waals surface area contributed by atoms with Crippen LogP contribution >= 0.6 is 0 Å². The SMILES string of the molecule is CC(=O)N[C@@H]1[C@H](O[C@H]2[C@H](O)[C@H](O)[C@@H](OC[C@H]3O[C@@H](O[C@H]4[C@H](O)[C@@H](NC(C)=O)[C@H](O[C@H]5[C@H](O[C@@H]6O[C@@H](C)[C@@H](O)[C@@H](O)[C@@H]6O)[C@@H](NC(C)=O)C(O)O[C@@H]5CO)O[C@@H]4CO)[C@@H](O[C@@H]4OC[C@@H](O)[C@H](O)[C@H]4O)[C@@H](O[C@H]4O[C@H](CO)[C@@H](O[C@@H]5O[C@H](CO)[C@@H](O)[C@H](O)[C@H]5NC(C)=O)[C@H](O)[C@@H]4O)[C@@H]3O)O[C@@H]2CO)O[C@H](CO)[C@@H](O)[C@@H]1O[C@@H]1O[C@H](CO)[C@H](O)[C@H](O)[C@H]1O. The van der Waals surface area contributed by atoms with Crippen LogP contribution in [0.15, 0.2) is 0 Å². The lowest BCUT2D eigenvalue weighted by molar-refractivity contribution is -0.408. The fourth-order valence-corrected chi connectivity index (χ4v) is 15.6. The van der Waals surface area contributed by atoms with Crippen LogP contribution in [0, 0.1) is 0 Å². The van der Waals surface area contributed by atoms with E-state index in [-0.39, 0.29) is 0 Å². The predicted molar refractivity (Wildman–Crippen MR) is 369 cm³/mol. The molecule has 0 saturated carbocycles. The van der Waals surface area contributed by atoms with Crippen molar-refractivity contribution in [2.24, 2.45) is 0 Å². The van der Waals surface area contributed by atoms with Crippen molar-refractivity contribution in [3.63, 3.8) is 0 Å². The average Bonchev–Trinajstić information content (AvgIpc) is 0.769. The fraction of sp³-hybridized carbons (Fsp3) is 0.940. The van der Waals surface area contributed by atoms with Gasteiger partial charge in [-0.3, -0.25) is 19.2 Å². The molecule has 0 aromatic rings. The Kier molecular flexibility index (Phi) is 35.0. The number of nitrogens with one attached hydrogen (secondary N) is 4. The normalized spacial score (nSPS) is 49.7. The van der Waals surface area contributed by atoms with Gasteiger partial charge in [0, 0.05) is 27.7 Å². The van der Waals surface area contributed by atoms with Gasteiger partial charge in [0.2, 0.25) is 23.6 Å². The van der Waals surface area contributed by atoms with E-state index in [4.69, 9.17) is 90.0 Å². The summed E-state index contributed by atoms with van der Waals surface area (Å²) in [6.45, 7) is -4.73. The van der Waals surface area contributed by atoms with E-state index in [1.165, 1.54) is 6.92 Å². The van der Waals surface area contributed by atoms with Crippen LogP contribution in [-0.2, 0) is 109 Å². The molecule has 10 saturated heterocycles. The molecule has 53 nitrogen and oxygen atoms in total. The Morgan fingerprint density at radius 3 is 1.12 bits per heavy atom. The van der Waals surface area contributed by atoms with Gasteiger partial charge in [-0.2, -0.15) is 0 Å². The van der Waals surface area contributed by atoms with Gasteiger partial charge in [-0.05, 0) is 6.92 Å². The van der Waals surface area contributed by atoms with E-state index in [0.717, 1.165) is 27.7 Å². The van der Waals surface area contributed by atoms with Gasteiger partial charge in [-0.1, -0.05) is 0 Å². The van der Waals surface area contributed by atoms with Crippen LogP contribution in [0.25, 0.3) is 0 Å². The molecule has 10 rings (SSSR count). The minimum absolute atomic E-state index is 0.838. The topological polar surface area (TPSA) is 818 Å². The van der Waals surface area contributed by atoms with E-state index in [9.17, 15) is 152 Å². The van der Waals surface area contributed by atoms with E-state index in [1.54, 1.807) is 0 Å². The van der Waals surface area contributed by atoms with E-state index in [2.05, 4.69) is 21.3 Å². The fourth-order valence-electron chi connectivity index (χ4n) is 15.6. The molecule has 0 aromatic heterocycles. The van der Waals surface area contributed by atoms with Crippen molar-refractivity contribution in [1.82, 2.24) is 21.3 Å². The molecule has 4 amide bonds. The van der Waals surface area contributed by atoms with Gasteiger partial charge in [-0.25, -0.2) is 0 Å². The zero-order valence-corrected chi connectivity index (χ0v) is 64.7. The highest BCUT2D eigenvalue weighted by Crippen LogP contribution is 2.41. The first kappa shape index (κ1) is 98.3. The Balaban J connectivity index is 0.992. The van der Waals surface area contributed by atoms with Crippen molar-refractivity contribution in [2.75, 3.05) is 59.5 Å². The van der Waals surface area contributed by atoms with Crippen molar-refractivity contribution in [2.45, 2.75) is 335 Å². The quantitative estimate of drug-likeness (QED) is 0.0318. The van der Waals surface area contributed by atoms with Crippen LogP contribution in [0.2, 0.25) is 0 Å². The molecule has 694 valence electrons. The Bertz CT molecular complexity index is 3230. The minimum Gasteiger partial charge on any atom is -0.394 e. The standard InChI is InChI=1S/C67H112N4O49/c1-15-33(84)41(92)46(97)64(104-15)118-55-31(70-18(4)81)58(101)105-27(12-78)53(55)116-60-30(69-17(3)80)40(91)50(24(9-75)109-60)115-67-57(120-63-45(96)34(85)20(83)13-102-63)56(119-66-49(100)44(95)52(26(11-77)111-66)113-59-29(68-16(2)79)39(90)35(86)21(6-72)106-59)38(89)28(112-67)14-103-62-48(99)43(94)51(25(10-76)110-62)114-61-32(71-19(5)82)54(37(88)23(8-74)107-61)117-65-47(98)42(93)36(87)22(7-73)108-65/h15,20-67,72-78,83-101H,6-14H2,1-5H3,(H,68,79)(H,69,80)(H,70,81)(H,71,82)/t15-,20+,21+,22+,23+,24+,25+,26+,27+,28+,29+,30+,31+,32-,33+,34-,35+,36-,37+,38+,39+,40+,41+,42-,43+,44+,45+,46-,47+,48-,49-,50+,51+,52+,53+,54+,55+,56-,57-,58?,59-,60-,61-,62-,63-,64-,65-,66+,67-/m0/s1. The molecule has 10 aliphatic rings. The molecule has 53 heteroatoms. The Morgan fingerprint density at radius 1 is 0.267 bits per heavy atom. The monoisotopic (exact) mass is 1760 g/mol. The predicted octanol–water partition coefficient (Wildman–Crippen LogP) is -20.6. The summed E-state index contributed by atoms with van der Waals surface area (Å²) in [5, 5.41) is 300. The van der Waals surface area contributed by atoms with Crippen molar-refractivity contribution in [1.29, 1.82) is 0 Å². The summed E-state index contributed by atoms with van der Waals surface area (Å²) in [7, 11) is 0. The number of hydrogen-bond donors (Lipinski definition) is 30. The highest BCUT2D eigenvalue weighted by Gasteiger charge is 2.62. The molecule has 0 radical (unpaired) electrons. The summed E-state index contributed by atoms with van der Waals surface area (Å²) in [5.41, 5.74) is 0. The number of hydrogen-bond acceptors (Lipinski definition) is 49. The van der Waals surface area contributed by atoms with Crippen LogP contribution < -0.4 is 21.3 Å². The van der Waals surface area contributed by atoms with Crippen molar-refractivity contribution >= 4 is 23.6 Å². The molecule has 0 aromatic carbocycles. The lowest BCUT2D eigenvalue weighted by Gasteiger charge is -2.52. The van der Waals surface area contributed by atoms with Gasteiger partial charge >= 0.3 is 0 Å². The average molecular weight is 1760 g/mol. The molecule has 0 spiro atoms. The third-order valence-corrected chi connectivity index (χ3v) is 22.0. The van der Waals surface area contributed by atoms with Gasteiger partial charge in [0.05, 0.1) is 65.6 Å². The summed E-state index contributed by atoms with van der Waals surface area (Å²) < 4.78 is 114. The number of rotatable bonds is 30. The van der Waals surface area contributed by atoms with Crippen molar-refractivity contribution in [3.8, 4) is 0 Å². The molecule has 10 aliphatic heterocycles. The van der Waals surface area contributed by atoms with Crippen molar-refractivity contribution < 1.29 is 242 Å². The number of ether oxygens (including phenoxy) is 19. The number of aliphatic hydroxyl groups excluding tert-OH is 26. The molecule has 120 heavy (non-hydrogen) atoms. The lowest BCUT2D eigenvalue weighted by atomic mass is 9.93. The summed E-state index contributed by atoms with van der Waals surface area (Å²) in [6.07, 6.45) is -93.3. The minimum atomic E-state index is -2.51. The first-order chi connectivity index (χ1) is 56.8. The van der Waals surface area contributed by atoms with Gasteiger partial charge in [0.1, 0.15) is 232 Å². The van der Waals surface area contributed by atoms with E-state index >= 15 is 0 Å². The van der Waals surface area contributed by atoms with Gasteiger partial charge in [0.25, 0.3) is 0 Å². The zero-order valence-electron chi connectivity index (χ0n) is 64.7. The van der Waals surface area contributed by atoms with Crippen LogP contribution in [0.4, 0.5) is 0 Å². The smallest absolute Gasteiger partial charge is 0.217 e. The van der Waals surface area contributed by atoms with Crippen LogP contribution in [0.5, 0.6) is 0 Å². The maximum atomic E-state index is 13.4.